The molecule has 0 spiro atoms. The van der Waals surface area contributed by atoms with Crippen LogP contribution >= 0.6 is 11.3 Å². The lowest BCUT2D eigenvalue weighted by Crippen LogP contribution is -2.00. The van der Waals surface area contributed by atoms with E-state index in [-0.39, 0.29) is 5.97 Å². The van der Waals surface area contributed by atoms with Crippen molar-refractivity contribution < 1.29 is 14.3 Å². The third kappa shape index (κ3) is 1.58. The van der Waals surface area contributed by atoms with E-state index in [4.69, 9.17) is 4.74 Å². The van der Waals surface area contributed by atoms with E-state index in [0.29, 0.717) is 5.56 Å². The van der Waals surface area contributed by atoms with Crippen molar-refractivity contribution in [3.05, 3.63) is 16.5 Å². The molecule has 0 bridgehead atoms. The van der Waals surface area contributed by atoms with Crippen molar-refractivity contribution in [2.24, 2.45) is 0 Å². The molecule has 0 radical (unpaired) electrons. The summed E-state index contributed by atoms with van der Waals surface area (Å²) in [4.78, 5) is 12.0. The number of thiophene rings is 1. The number of carbonyl (C=O) groups is 1. The van der Waals surface area contributed by atoms with Crippen LogP contribution < -0.4 is 4.74 Å². The summed E-state index contributed by atoms with van der Waals surface area (Å²) < 4.78 is 9.57. The van der Waals surface area contributed by atoms with Gasteiger partial charge in [-0.05, 0) is 6.92 Å². The first-order chi connectivity index (χ1) is 5.69. The molecule has 0 unspecified atom stereocenters. The van der Waals surface area contributed by atoms with Crippen LogP contribution in [-0.2, 0) is 4.74 Å². The molecular formula is C8H10O3S. The fourth-order valence-electron chi connectivity index (χ4n) is 0.868. The Morgan fingerprint density at radius 2 is 2.17 bits per heavy atom. The third-order valence-corrected chi connectivity index (χ3v) is 2.51. The van der Waals surface area contributed by atoms with E-state index in [2.05, 4.69) is 4.74 Å². The van der Waals surface area contributed by atoms with Crippen molar-refractivity contribution in [3.8, 4) is 5.06 Å². The topological polar surface area (TPSA) is 35.5 Å². The van der Waals surface area contributed by atoms with Crippen LogP contribution in [0.5, 0.6) is 5.06 Å². The molecule has 0 aliphatic heterocycles. The normalized spacial score (nSPS) is 9.58. The zero-order valence-corrected chi connectivity index (χ0v) is 8.03. The van der Waals surface area contributed by atoms with Gasteiger partial charge >= 0.3 is 5.97 Å². The average molecular weight is 186 g/mol. The van der Waals surface area contributed by atoms with Gasteiger partial charge in [0.2, 0.25) is 0 Å². The van der Waals surface area contributed by atoms with Crippen LogP contribution in [0.25, 0.3) is 0 Å². The number of rotatable bonds is 2. The van der Waals surface area contributed by atoms with Gasteiger partial charge in [0, 0.05) is 10.9 Å². The van der Waals surface area contributed by atoms with Crippen LogP contribution in [0.15, 0.2) is 6.07 Å². The molecule has 0 saturated carbocycles. The Morgan fingerprint density at radius 3 is 2.58 bits per heavy atom. The Hall–Kier alpha value is -1.03. The molecule has 0 atom stereocenters. The number of esters is 1. The van der Waals surface area contributed by atoms with E-state index in [1.165, 1.54) is 18.4 Å². The summed E-state index contributed by atoms with van der Waals surface area (Å²) in [6.45, 7) is 1.86. The maximum absolute atomic E-state index is 11.1. The molecule has 1 aromatic rings. The summed E-state index contributed by atoms with van der Waals surface area (Å²) in [6, 6.07) is 1.69. The Morgan fingerprint density at radius 1 is 1.50 bits per heavy atom. The predicted molar refractivity (Wildman–Crippen MR) is 46.9 cm³/mol. The lowest BCUT2D eigenvalue weighted by atomic mass is 10.3. The number of aryl methyl sites for hydroxylation is 1. The van der Waals surface area contributed by atoms with Crippen LogP contribution in [0.4, 0.5) is 0 Å². The second-order valence-electron chi connectivity index (χ2n) is 2.23. The maximum Gasteiger partial charge on any atom is 0.339 e. The summed E-state index contributed by atoms with van der Waals surface area (Å²) in [7, 11) is 2.94. The number of hydrogen-bond donors (Lipinski definition) is 0. The van der Waals surface area contributed by atoms with Crippen LogP contribution in [0, 0.1) is 6.92 Å². The minimum absolute atomic E-state index is 0.313. The van der Waals surface area contributed by atoms with E-state index in [0.717, 1.165) is 9.94 Å². The van der Waals surface area contributed by atoms with Crippen LogP contribution in [0.3, 0.4) is 0 Å². The van der Waals surface area contributed by atoms with Gasteiger partial charge in [0.1, 0.15) is 0 Å². The number of ether oxygens (including phenoxy) is 2. The number of carbonyl (C=O) groups excluding carboxylic acids is 1. The molecule has 0 amide bonds. The van der Waals surface area contributed by atoms with Crippen molar-refractivity contribution >= 4 is 17.3 Å². The highest BCUT2D eigenvalue weighted by Gasteiger charge is 2.13. The first-order valence-corrected chi connectivity index (χ1v) is 4.23. The Balaban J connectivity index is 2.99. The first kappa shape index (κ1) is 9.06. The summed E-state index contributed by atoms with van der Waals surface area (Å²) in [5.74, 6) is -0.313. The monoisotopic (exact) mass is 186 g/mol. The zero-order chi connectivity index (χ0) is 9.14. The molecule has 0 aromatic carbocycles. The van der Waals surface area contributed by atoms with Crippen LogP contribution in [0.2, 0.25) is 0 Å². The van der Waals surface area contributed by atoms with Crippen molar-refractivity contribution in [3.63, 3.8) is 0 Å². The summed E-state index contributed by atoms with van der Waals surface area (Å²) in [5, 5.41) is 0.730. The number of methoxy groups -OCH3 is 2. The second kappa shape index (κ2) is 3.58. The van der Waals surface area contributed by atoms with Gasteiger partial charge in [-0.25, -0.2) is 4.79 Å². The Bertz CT molecular complexity index is 290. The van der Waals surface area contributed by atoms with Gasteiger partial charge in [-0.15, -0.1) is 11.3 Å². The molecule has 66 valence electrons. The summed E-state index contributed by atoms with van der Waals surface area (Å²) in [6.07, 6.45) is 0. The SMILES string of the molecule is COC(=O)c1cc(OC)sc1C. The van der Waals surface area contributed by atoms with Gasteiger partial charge in [0.05, 0.1) is 19.8 Å². The molecule has 12 heavy (non-hydrogen) atoms. The Labute approximate surface area is 74.9 Å². The van der Waals surface area contributed by atoms with E-state index in [9.17, 15) is 4.79 Å². The van der Waals surface area contributed by atoms with E-state index >= 15 is 0 Å². The fraction of sp³-hybridized carbons (Fsp3) is 0.375. The second-order valence-corrected chi connectivity index (χ2v) is 3.45. The molecule has 0 aliphatic carbocycles. The molecule has 0 saturated heterocycles. The fourth-order valence-corrected chi connectivity index (χ4v) is 1.68. The zero-order valence-electron chi connectivity index (χ0n) is 7.21. The van der Waals surface area contributed by atoms with Gasteiger partial charge in [0.25, 0.3) is 0 Å². The highest BCUT2D eigenvalue weighted by Crippen LogP contribution is 2.28. The van der Waals surface area contributed by atoms with Crippen LogP contribution in [-0.4, -0.2) is 20.2 Å². The lowest BCUT2D eigenvalue weighted by Gasteiger charge is -1.94. The smallest absolute Gasteiger partial charge is 0.339 e. The molecule has 0 fully saturated rings. The molecule has 4 heteroatoms. The quantitative estimate of drug-likeness (QED) is 0.661. The summed E-state index contributed by atoms with van der Waals surface area (Å²) >= 11 is 1.43. The van der Waals surface area contributed by atoms with E-state index in [1.54, 1.807) is 13.2 Å². The predicted octanol–water partition coefficient (Wildman–Crippen LogP) is 1.85. The minimum Gasteiger partial charge on any atom is -0.487 e. The molecule has 1 heterocycles. The van der Waals surface area contributed by atoms with Gasteiger partial charge in [-0.2, -0.15) is 0 Å². The van der Waals surface area contributed by atoms with E-state index < -0.39 is 0 Å². The highest BCUT2D eigenvalue weighted by molar-refractivity contribution is 7.14. The van der Waals surface area contributed by atoms with Crippen LogP contribution in [0.1, 0.15) is 15.2 Å². The van der Waals surface area contributed by atoms with Gasteiger partial charge < -0.3 is 9.47 Å². The molecule has 0 N–H and O–H groups in total. The molecular weight excluding hydrogens is 176 g/mol. The van der Waals surface area contributed by atoms with Crippen molar-refractivity contribution in [1.29, 1.82) is 0 Å². The number of hydrogen-bond acceptors (Lipinski definition) is 4. The molecule has 3 nitrogen and oxygen atoms in total. The molecule has 1 rings (SSSR count). The van der Waals surface area contributed by atoms with Crippen molar-refractivity contribution in [2.45, 2.75) is 6.92 Å². The van der Waals surface area contributed by atoms with Crippen molar-refractivity contribution in [1.82, 2.24) is 0 Å². The lowest BCUT2D eigenvalue weighted by molar-refractivity contribution is 0.0600. The highest BCUT2D eigenvalue weighted by atomic mass is 32.1. The maximum atomic E-state index is 11.1. The van der Waals surface area contributed by atoms with E-state index in [1.807, 2.05) is 6.92 Å². The van der Waals surface area contributed by atoms with Gasteiger partial charge in [0.15, 0.2) is 5.06 Å². The third-order valence-electron chi connectivity index (χ3n) is 1.50. The summed E-state index contributed by atoms with van der Waals surface area (Å²) in [5.41, 5.74) is 0.583. The minimum atomic E-state index is -0.313. The van der Waals surface area contributed by atoms with Gasteiger partial charge in [-0.3, -0.25) is 0 Å². The average Bonchev–Trinajstić information content (AvgIpc) is 2.45. The largest absolute Gasteiger partial charge is 0.487 e. The molecule has 0 aliphatic rings. The standard InChI is InChI=1S/C8H10O3S/c1-5-6(8(9)11-3)4-7(10-2)12-5/h4H,1-3H3. The first-order valence-electron chi connectivity index (χ1n) is 3.41. The van der Waals surface area contributed by atoms with Gasteiger partial charge in [-0.1, -0.05) is 0 Å². The Kier molecular flexibility index (Phi) is 2.70. The molecule has 1 aromatic heterocycles. The van der Waals surface area contributed by atoms with Crippen molar-refractivity contribution in [2.75, 3.05) is 14.2 Å².